The third kappa shape index (κ3) is 3.02. The molecule has 0 bridgehead atoms. The van der Waals surface area contributed by atoms with Crippen LogP contribution in [0.5, 0.6) is 0 Å². The van der Waals surface area contributed by atoms with Crippen molar-refractivity contribution < 1.29 is 9.59 Å². The topological polar surface area (TPSA) is 61.8 Å². The minimum absolute atomic E-state index is 0.00187. The molecule has 2 aliphatic rings. The summed E-state index contributed by atoms with van der Waals surface area (Å²) in [4.78, 5) is 30.7. The molecule has 0 radical (unpaired) electrons. The third-order valence-electron chi connectivity index (χ3n) is 3.86. The second-order valence-electron chi connectivity index (χ2n) is 5.68. The van der Waals surface area contributed by atoms with E-state index in [1.807, 2.05) is 32.0 Å². The van der Waals surface area contributed by atoms with Gasteiger partial charge in [0.1, 0.15) is 5.25 Å². The highest BCUT2D eigenvalue weighted by molar-refractivity contribution is 8.15. The Labute approximate surface area is 134 Å². The van der Waals surface area contributed by atoms with E-state index >= 15 is 0 Å². The van der Waals surface area contributed by atoms with Crippen LogP contribution < -0.4 is 5.32 Å². The predicted octanol–water partition coefficient (Wildman–Crippen LogP) is 2.34. The molecule has 2 aliphatic heterocycles. The Balaban J connectivity index is 1.72. The van der Waals surface area contributed by atoms with Crippen molar-refractivity contribution in [2.75, 3.05) is 18.4 Å². The molecule has 3 rings (SSSR count). The van der Waals surface area contributed by atoms with Crippen LogP contribution in [0.1, 0.15) is 24.0 Å². The van der Waals surface area contributed by atoms with Crippen LogP contribution in [0.15, 0.2) is 23.2 Å². The summed E-state index contributed by atoms with van der Waals surface area (Å²) in [5.74, 6) is -0.129. The van der Waals surface area contributed by atoms with Crippen LogP contribution in [-0.4, -0.2) is 40.2 Å². The van der Waals surface area contributed by atoms with Gasteiger partial charge in [0.05, 0.1) is 0 Å². The molecule has 1 atom stereocenters. The molecule has 2 heterocycles. The predicted molar refractivity (Wildman–Crippen MR) is 89.2 cm³/mol. The van der Waals surface area contributed by atoms with Gasteiger partial charge in [-0.2, -0.15) is 0 Å². The van der Waals surface area contributed by atoms with E-state index in [1.165, 1.54) is 11.8 Å². The SMILES string of the molecule is Cc1ccc(NC(=O)[C@@H]2CC(=O)N3CCCN=C3S2)c(C)c1. The molecular weight excluding hydrogens is 298 g/mol. The minimum atomic E-state index is -0.402. The van der Waals surface area contributed by atoms with E-state index in [1.54, 1.807) is 4.90 Å². The Hall–Kier alpha value is -1.82. The van der Waals surface area contributed by atoms with Gasteiger partial charge in [-0.05, 0) is 31.9 Å². The lowest BCUT2D eigenvalue weighted by atomic mass is 10.1. The summed E-state index contributed by atoms with van der Waals surface area (Å²) in [6.45, 7) is 5.44. The molecule has 1 saturated heterocycles. The highest BCUT2D eigenvalue weighted by Crippen LogP contribution is 2.29. The first-order valence-corrected chi connectivity index (χ1v) is 8.32. The zero-order chi connectivity index (χ0) is 15.7. The number of carbonyl (C=O) groups excluding carboxylic acids is 2. The average Bonchev–Trinajstić information content (AvgIpc) is 2.50. The smallest absolute Gasteiger partial charge is 0.238 e. The summed E-state index contributed by atoms with van der Waals surface area (Å²) in [5, 5.41) is 3.23. The lowest BCUT2D eigenvalue weighted by Crippen LogP contribution is -2.47. The van der Waals surface area contributed by atoms with Gasteiger partial charge >= 0.3 is 0 Å². The van der Waals surface area contributed by atoms with E-state index < -0.39 is 5.25 Å². The lowest BCUT2D eigenvalue weighted by molar-refractivity contribution is -0.129. The number of amidine groups is 1. The number of hydrogen-bond acceptors (Lipinski definition) is 4. The van der Waals surface area contributed by atoms with Gasteiger partial charge < -0.3 is 5.32 Å². The maximum atomic E-state index is 12.5. The number of carbonyl (C=O) groups is 2. The molecule has 5 nitrogen and oxygen atoms in total. The minimum Gasteiger partial charge on any atom is -0.325 e. The van der Waals surface area contributed by atoms with Crippen LogP contribution in [0.2, 0.25) is 0 Å². The largest absolute Gasteiger partial charge is 0.325 e. The Morgan fingerprint density at radius 3 is 3.00 bits per heavy atom. The second kappa shape index (κ2) is 6.12. The summed E-state index contributed by atoms with van der Waals surface area (Å²) in [5.41, 5.74) is 2.98. The number of fused-ring (bicyclic) bond motifs is 1. The van der Waals surface area contributed by atoms with Crippen molar-refractivity contribution >= 4 is 34.4 Å². The molecule has 1 aromatic rings. The number of hydrogen-bond donors (Lipinski definition) is 1. The molecule has 0 spiro atoms. The van der Waals surface area contributed by atoms with Crippen LogP contribution in [0.25, 0.3) is 0 Å². The van der Waals surface area contributed by atoms with Gasteiger partial charge in [0.15, 0.2) is 5.17 Å². The number of aliphatic imine (C=N–C) groups is 1. The lowest BCUT2D eigenvalue weighted by Gasteiger charge is -2.33. The van der Waals surface area contributed by atoms with Gasteiger partial charge in [-0.25, -0.2) is 0 Å². The number of nitrogens with one attached hydrogen (secondary N) is 1. The molecule has 1 fully saturated rings. The first-order chi connectivity index (χ1) is 10.5. The number of thioether (sulfide) groups is 1. The third-order valence-corrected chi connectivity index (χ3v) is 5.08. The van der Waals surface area contributed by atoms with E-state index in [2.05, 4.69) is 10.3 Å². The van der Waals surface area contributed by atoms with E-state index in [0.29, 0.717) is 5.17 Å². The van der Waals surface area contributed by atoms with Crippen LogP contribution in [0, 0.1) is 13.8 Å². The van der Waals surface area contributed by atoms with Crippen molar-refractivity contribution in [1.29, 1.82) is 0 Å². The summed E-state index contributed by atoms with van der Waals surface area (Å²) in [7, 11) is 0. The molecule has 0 aromatic heterocycles. The van der Waals surface area contributed by atoms with Gasteiger partial charge in [0, 0.05) is 25.2 Å². The van der Waals surface area contributed by atoms with E-state index in [9.17, 15) is 9.59 Å². The monoisotopic (exact) mass is 317 g/mol. The van der Waals surface area contributed by atoms with E-state index in [-0.39, 0.29) is 18.2 Å². The van der Waals surface area contributed by atoms with Crippen LogP contribution in [0.4, 0.5) is 5.69 Å². The van der Waals surface area contributed by atoms with Crippen LogP contribution in [0.3, 0.4) is 0 Å². The Bertz CT molecular complexity index is 657. The molecule has 2 amide bonds. The normalized spacial score (nSPS) is 21.2. The molecule has 0 saturated carbocycles. The maximum Gasteiger partial charge on any atom is 0.238 e. The Kier molecular flexibility index (Phi) is 4.20. The number of rotatable bonds is 2. The van der Waals surface area contributed by atoms with Crippen molar-refractivity contribution in [1.82, 2.24) is 4.90 Å². The number of aryl methyl sites for hydroxylation is 2. The summed E-state index contributed by atoms with van der Waals surface area (Å²) in [6, 6.07) is 5.90. The quantitative estimate of drug-likeness (QED) is 0.910. The van der Waals surface area contributed by atoms with Gasteiger partial charge in [-0.1, -0.05) is 29.5 Å². The molecule has 22 heavy (non-hydrogen) atoms. The fourth-order valence-electron chi connectivity index (χ4n) is 2.67. The molecule has 0 unspecified atom stereocenters. The van der Waals surface area contributed by atoms with Crippen LogP contribution in [-0.2, 0) is 9.59 Å². The highest BCUT2D eigenvalue weighted by atomic mass is 32.2. The number of anilines is 1. The van der Waals surface area contributed by atoms with Gasteiger partial charge in [0.25, 0.3) is 0 Å². The molecule has 1 aromatic carbocycles. The van der Waals surface area contributed by atoms with Gasteiger partial charge in [-0.15, -0.1) is 0 Å². The average molecular weight is 317 g/mol. The Morgan fingerprint density at radius 1 is 1.41 bits per heavy atom. The van der Waals surface area contributed by atoms with E-state index in [0.717, 1.165) is 36.3 Å². The van der Waals surface area contributed by atoms with Crippen LogP contribution >= 0.6 is 11.8 Å². The standard InChI is InChI=1S/C16H19N3O2S/c1-10-4-5-12(11(2)8-10)18-15(21)13-9-14(20)19-7-3-6-17-16(19)22-13/h4-5,8,13H,3,6-7,9H2,1-2H3,(H,18,21)/t13-/m0/s1. The molecule has 0 aliphatic carbocycles. The van der Waals surface area contributed by atoms with Crippen molar-refractivity contribution in [3.05, 3.63) is 29.3 Å². The fraction of sp³-hybridized carbons (Fsp3) is 0.438. The van der Waals surface area contributed by atoms with Gasteiger partial charge in [-0.3, -0.25) is 19.5 Å². The number of benzene rings is 1. The first-order valence-electron chi connectivity index (χ1n) is 7.44. The Morgan fingerprint density at radius 2 is 2.23 bits per heavy atom. The summed E-state index contributed by atoms with van der Waals surface area (Å²) >= 11 is 1.40. The maximum absolute atomic E-state index is 12.5. The second-order valence-corrected chi connectivity index (χ2v) is 6.85. The first kappa shape index (κ1) is 15.1. The molecule has 116 valence electrons. The zero-order valence-electron chi connectivity index (χ0n) is 12.8. The van der Waals surface area contributed by atoms with Crippen molar-refractivity contribution in [3.8, 4) is 0 Å². The molecular formula is C16H19N3O2S. The van der Waals surface area contributed by atoms with Crippen molar-refractivity contribution in [2.24, 2.45) is 4.99 Å². The fourth-order valence-corrected chi connectivity index (χ4v) is 3.80. The van der Waals surface area contributed by atoms with Crippen molar-refractivity contribution in [3.63, 3.8) is 0 Å². The van der Waals surface area contributed by atoms with E-state index in [4.69, 9.17) is 0 Å². The highest BCUT2D eigenvalue weighted by Gasteiger charge is 2.36. The van der Waals surface area contributed by atoms with Gasteiger partial charge in [0.2, 0.25) is 11.8 Å². The number of nitrogens with zero attached hydrogens (tertiary/aromatic N) is 2. The summed E-state index contributed by atoms with van der Waals surface area (Å²) in [6.07, 6.45) is 1.13. The molecule has 1 N–H and O–H groups in total. The zero-order valence-corrected chi connectivity index (χ0v) is 13.6. The summed E-state index contributed by atoms with van der Waals surface area (Å²) < 4.78 is 0. The van der Waals surface area contributed by atoms with Crippen molar-refractivity contribution in [2.45, 2.75) is 31.9 Å². The molecule has 6 heteroatoms. The number of amides is 2.